The molecule has 0 radical (unpaired) electrons. The second kappa shape index (κ2) is 5.42. The van der Waals surface area contributed by atoms with Crippen LogP contribution in [-0.2, 0) is 0 Å². The number of nitrogen functional groups attached to an aromatic ring is 1. The van der Waals surface area contributed by atoms with Gasteiger partial charge >= 0.3 is 0 Å². The van der Waals surface area contributed by atoms with Crippen LogP contribution in [0.2, 0.25) is 5.02 Å². The van der Waals surface area contributed by atoms with Crippen molar-refractivity contribution in [1.82, 2.24) is 4.98 Å². The third kappa shape index (κ3) is 2.53. The summed E-state index contributed by atoms with van der Waals surface area (Å²) >= 11 is 6.04. The Morgan fingerprint density at radius 1 is 1.05 bits per heavy atom. The number of aromatic nitrogens is 1. The maximum absolute atomic E-state index is 12.4. The van der Waals surface area contributed by atoms with E-state index in [4.69, 9.17) is 17.3 Å². The molecular weight excluding hydrogens is 286 g/mol. The zero-order valence-corrected chi connectivity index (χ0v) is 11.8. The van der Waals surface area contributed by atoms with Crippen molar-refractivity contribution in [3.63, 3.8) is 0 Å². The van der Waals surface area contributed by atoms with Gasteiger partial charge in [-0.15, -0.1) is 0 Å². The number of fused-ring (bicyclic) bond motifs is 1. The first kappa shape index (κ1) is 13.4. The van der Waals surface area contributed by atoms with Gasteiger partial charge in [-0.1, -0.05) is 35.9 Å². The Balaban J connectivity index is 2.03. The summed E-state index contributed by atoms with van der Waals surface area (Å²) in [6, 6.07) is 14.2. The molecular formula is C16H12ClN3O. The summed E-state index contributed by atoms with van der Waals surface area (Å²) < 4.78 is 0. The average molecular weight is 298 g/mol. The van der Waals surface area contributed by atoms with Gasteiger partial charge in [0.05, 0.1) is 10.7 Å². The highest BCUT2D eigenvalue weighted by atomic mass is 35.5. The number of hydrogen-bond acceptors (Lipinski definition) is 3. The molecule has 2 aromatic carbocycles. The highest BCUT2D eigenvalue weighted by molar-refractivity contribution is 6.34. The van der Waals surface area contributed by atoms with Crippen LogP contribution in [0, 0.1) is 0 Å². The van der Waals surface area contributed by atoms with Gasteiger partial charge in [-0.3, -0.25) is 9.78 Å². The van der Waals surface area contributed by atoms with Crippen molar-refractivity contribution in [3.05, 3.63) is 65.4 Å². The highest BCUT2D eigenvalue weighted by Crippen LogP contribution is 2.25. The summed E-state index contributed by atoms with van der Waals surface area (Å²) in [6.07, 6.45) is 1.57. The lowest BCUT2D eigenvalue weighted by molar-refractivity contribution is 0.102. The van der Waals surface area contributed by atoms with Crippen LogP contribution >= 0.6 is 11.6 Å². The number of nitrogens with two attached hydrogens (primary N) is 1. The first-order valence-electron chi connectivity index (χ1n) is 6.36. The van der Waals surface area contributed by atoms with Gasteiger partial charge in [0.1, 0.15) is 5.69 Å². The van der Waals surface area contributed by atoms with Crippen molar-refractivity contribution in [2.24, 2.45) is 0 Å². The SMILES string of the molecule is Nc1cccc2c(C(=O)Nc3ccccc3Cl)nccc12. The molecule has 0 aliphatic heterocycles. The number of carbonyl (C=O) groups excluding carboxylic acids is 1. The first-order valence-corrected chi connectivity index (χ1v) is 6.73. The Hall–Kier alpha value is -2.59. The number of nitrogens with one attached hydrogen (secondary N) is 1. The Morgan fingerprint density at radius 2 is 1.86 bits per heavy atom. The lowest BCUT2D eigenvalue weighted by Gasteiger charge is -2.09. The second-order valence-electron chi connectivity index (χ2n) is 4.54. The molecule has 5 heteroatoms. The number of para-hydroxylation sites is 1. The minimum absolute atomic E-state index is 0.319. The summed E-state index contributed by atoms with van der Waals surface area (Å²) in [5.41, 5.74) is 7.40. The molecule has 0 aliphatic rings. The quantitative estimate of drug-likeness (QED) is 0.708. The number of carbonyl (C=O) groups is 1. The highest BCUT2D eigenvalue weighted by Gasteiger charge is 2.13. The fraction of sp³-hybridized carbons (Fsp3) is 0. The van der Waals surface area contributed by atoms with Gasteiger partial charge in [0.15, 0.2) is 0 Å². The van der Waals surface area contributed by atoms with E-state index in [1.165, 1.54) is 0 Å². The van der Waals surface area contributed by atoms with E-state index in [1.54, 1.807) is 48.7 Å². The summed E-state index contributed by atoms with van der Waals surface area (Å²) in [6.45, 7) is 0. The standard InChI is InChI=1S/C16H12ClN3O/c17-12-5-1-2-7-14(12)20-16(21)15-11-4-3-6-13(18)10(11)8-9-19-15/h1-9H,18H2,(H,20,21). The molecule has 0 fully saturated rings. The largest absolute Gasteiger partial charge is 0.398 e. The molecule has 3 aromatic rings. The number of halogens is 1. The van der Waals surface area contributed by atoms with Crippen molar-refractivity contribution in [1.29, 1.82) is 0 Å². The number of rotatable bonds is 2. The van der Waals surface area contributed by atoms with Crippen molar-refractivity contribution >= 4 is 39.7 Å². The zero-order chi connectivity index (χ0) is 14.8. The number of hydrogen-bond donors (Lipinski definition) is 2. The number of amides is 1. The van der Waals surface area contributed by atoms with E-state index < -0.39 is 0 Å². The van der Waals surface area contributed by atoms with Crippen LogP contribution in [0.1, 0.15) is 10.5 Å². The van der Waals surface area contributed by atoms with Gasteiger partial charge in [0.25, 0.3) is 5.91 Å². The lowest BCUT2D eigenvalue weighted by atomic mass is 10.1. The van der Waals surface area contributed by atoms with E-state index in [0.717, 1.165) is 5.39 Å². The molecule has 0 aliphatic carbocycles. The molecule has 1 amide bonds. The Bertz CT molecular complexity index is 833. The van der Waals surface area contributed by atoms with Crippen molar-refractivity contribution in [3.8, 4) is 0 Å². The van der Waals surface area contributed by atoms with Gasteiger partial charge in [0, 0.05) is 22.7 Å². The molecule has 0 spiro atoms. The molecule has 21 heavy (non-hydrogen) atoms. The summed E-state index contributed by atoms with van der Waals surface area (Å²) in [7, 11) is 0. The molecule has 4 nitrogen and oxygen atoms in total. The van der Waals surface area contributed by atoms with Crippen LogP contribution < -0.4 is 11.1 Å². The Kier molecular flexibility index (Phi) is 3.46. The predicted octanol–water partition coefficient (Wildman–Crippen LogP) is 3.72. The average Bonchev–Trinajstić information content (AvgIpc) is 2.49. The van der Waals surface area contributed by atoms with E-state index in [-0.39, 0.29) is 5.91 Å². The fourth-order valence-corrected chi connectivity index (χ4v) is 2.34. The fourth-order valence-electron chi connectivity index (χ4n) is 2.16. The van der Waals surface area contributed by atoms with E-state index in [9.17, 15) is 4.79 Å². The van der Waals surface area contributed by atoms with Crippen molar-refractivity contribution < 1.29 is 4.79 Å². The third-order valence-corrected chi connectivity index (χ3v) is 3.51. The number of anilines is 2. The minimum atomic E-state index is -0.320. The van der Waals surface area contributed by atoms with Crippen molar-refractivity contribution in [2.45, 2.75) is 0 Å². The molecule has 104 valence electrons. The van der Waals surface area contributed by atoms with Gasteiger partial charge in [-0.2, -0.15) is 0 Å². The van der Waals surface area contributed by atoms with Crippen LogP contribution in [0.25, 0.3) is 10.8 Å². The van der Waals surface area contributed by atoms with Crippen LogP contribution in [0.15, 0.2) is 54.7 Å². The lowest BCUT2D eigenvalue weighted by Crippen LogP contribution is -2.14. The first-order chi connectivity index (χ1) is 10.2. The Labute approximate surface area is 126 Å². The number of nitrogens with zero attached hydrogens (tertiary/aromatic N) is 1. The van der Waals surface area contributed by atoms with E-state index >= 15 is 0 Å². The number of benzene rings is 2. The van der Waals surface area contributed by atoms with E-state index in [0.29, 0.717) is 27.5 Å². The maximum atomic E-state index is 12.4. The van der Waals surface area contributed by atoms with E-state index in [1.807, 2.05) is 6.07 Å². The molecule has 3 rings (SSSR count). The monoisotopic (exact) mass is 297 g/mol. The molecule has 0 atom stereocenters. The van der Waals surface area contributed by atoms with Crippen LogP contribution in [0.5, 0.6) is 0 Å². The molecule has 0 unspecified atom stereocenters. The van der Waals surface area contributed by atoms with Gasteiger partial charge in [-0.25, -0.2) is 0 Å². The zero-order valence-electron chi connectivity index (χ0n) is 11.0. The summed E-state index contributed by atoms with van der Waals surface area (Å²) in [5.74, 6) is -0.320. The topological polar surface area (TPSA) is 68.0 Å². The van der Waals surface area contributed by atoms with Gasteiger partial charge in [0.2, 0.25) is 0 Å². The predicted molar refractivity (Wildman–Crippen MR) is 85.6 cm³/mol. The summed E-state index contributed by atoms with van der Waals surface area (Å²) in [4.78, 5) is 16.6. The maximum Gasteiger partial charge on any atom is 0.274 e. The van der Waals surface area contributed by atoms with Crippen LogP contribution in [-0.4, -0.2) is 10.9 Å². The second-order valence-corrected chi connectivity index (χ2v) is 4.94. The third-order valence-electron chi connectivity index (χ3n) is 3.18. The molecule has 1 heterocycles. The van der Waals surface area contributed by atoms with Crippen LogP contribution in [0.3, 0.4) is 0 Å². The molecule has 0 bridgehead atoms. The smallest absolute Gasteiger partial charge is 0.274 e. The van der Waals surface area contributed by atoms with Crippen LogP contribution in [0.4, 0.5) is 11.4 Å². The van der Waals surface area contributed by atoms with E-state index in [2.05, 4.69) is 10.3 Å². The minimum Gasteiger partial charge on any atom is -0.398 e. The normalized spacial score (nSPS) is 10.5. The molecule has 3 N–H and O–H groups in total. The molecule has 0 saturated heterocycles. The molecule has 1 aromatic heterocycles. The molecule has 0 saturated carbocycles. The van der Waals surface area contributed by atoms with Crippen molar-refractivity contribution in [2.75, 3.05) is 11.1 Å². The number of pyridine rings is 1. The summed E-state index contributed by atoms with van der Waals surface area (Å²) in [5, 5.41) is 4.75. The van der Waals surface area contributed by atoms with Gasteiger partial charge in [-0.05, 0) is 24.3 Å². The Morgan fingerprint density at radius 3 is 2.67 bits per heavy atom. The van der Waals surface area contributed by atoms with Gasteiger partial charge < -0.3 is 11.1 Å².